The van der Waals surface area contributed by atoms with Gasteiger partial charge in [0.1, 0.15) is 12.4 Å². The van der Waals surface area contributed by atoms with Gasteiger partial charge in [-0.15, -0.1) is 0 Å². The summed E-state index contributed by atoms with van der Waals surface area (Å²) in [4.78, 5) is 4.16. The van der Waals surface area contributed by atoms with E-state index in [1.807, 2.05) is 12.3 Å². The molecule has 0 unspecified atom stereocenters. The normalized spacial score (nSPS) is 14.9. The molecule has 0 atom stereocenters. The number of nitrogens with zero attached hydrogens (tertiary/aromatic N) is 1. The van der Waals surface area contributed by atoms with Crippen molar-refractivity contribution >= 4 is 0 Å². The number of nitrogens with one attached hydrogen (secondary N) is 1. The molecule has 4 nitrogen and oxygen atoms in total. The van der Waals surface area contributed by atoms with E-state index in [0.717, 1.165) is 24.5 Å². The second kappa shape index (κ2) is 7.46. The first-order valence-electron chi connectivity index (χ1n) is 7.12. The van der Waals surface area contributed by atoms with Gasteiger partial charge in [-0.2, -0.15) is 0 Å². The van der Waals surface area contributed by atoms with Crippen LogP contribution in [0.3, 0.4) is 0 Å². The lowest BCUT2D eigenvalue weighted by atomic mass is 10.2. The quantitative estimate of drug-likeness (QED) is 0.695. The van der Waals surface area contributed by atoms with Gasteiger partial charge in [-0.05, 0) is 24.8 Å². The first-order valence-corrected chi connectivity index (χ1v) is 7.12. The third-order valence-electron chi connectivity index (χ3n) is 2.95. The Morgan fingerprint density at radius 2 is 2.21 bits per heavy atom. The summed E-state index contributed by atoms with van der Waals surface area (Å²) in [5.74, 6) is 1.48. The maximum absolute atomic E-state index is 5.77. The van der Waals surface area contributed by atoms with Crippen LogP contribution in [-0.4, -0.2) is 30.8 Å². The fraction of sp³-hybridized carbons (Fsp3) is 0.667. The number of hydrogen-bond acceptors (Lipinski definition) is 4. The van der Waals surface area contributed by atoms with E-state index in [2.05, 4.69) is 24.1 Å². The summed E-state index contributed by atoms with van der Waals surface area (Å²) in [6, 6.07) is 2.62. The fourth-order valence-corrected chi connectivity index (χ4v) is 1.76. The predicted molar refractivity (Wildman–Crippen MR) is 75.3 cm³/mol. The van der Waals surface area contributed by atoms with Gasteiger partial charge in [0.2, 0.25) is 0 Å². The van der Waals surface area contributed by atoms with Crippen molar-refractivity contribution in [3.05, 3.63) is 24.0 Å². The van der Waals surface area contributed by atoms with E-state index >= 15 is 0 Å². The number of rotatable bonds is 9. The molecule has 1 heterocycles. The van der Waals surface area contributed by atoms with E-state index < -0.39 is 0 Å². The van der Waals surface area contributed by atoms with Crippen LogP contribution in [0.4, 0.5) is 0 Å². The Balaban J connectivity index is 1.71. The molecule has 0 spiro atoms. The number of aromatic nitrogens is 1. The molecule has 0 bridgehead atoms. The Kier molecular flexibility index (Phi) is 5.61. The van der Waals surface area contributed by atoms with Crippen LogP contribution in [0.25, 0.3) is 0 Å². The summed E-state index contributed by atoms with van der Waals surface area (Å²) in [6.07, 6.45) is 6.23. The molecule has 1 aliphatic rings. The molecule has 1 saturated carbocycles. The molecule has 1 N–H and O–H groups in total. The number of pyridine rings is 1. The van der Waals surface area contributed by atoms with Gasteiger partial charge >= 0.3 is 0 Å². The summed E-state index contributed by atoms with van der Waals surface area (Å²) in [7, 11) is 0. The molecule has 0 saturated heterocycles. The van der Waals surface area contributed by atoms with Gasteiger partial charge in [0.15, 0.2) is 0 Å². The SMILES string of the molecule is CC(C)COCCOc1ccncc1CNC1CC1. The molecule has 0 aromatic carbocycles. The Morgan fingerprint density at radius 3 is 2.95 bits per heavy atom. The summed E-state index contributed by atoms with van der Waals surface area (Å²) in [5, 5.41) is 3.48. The van der Waals surface area contributed by atoms with E-state index in [1.165, 1.54) is 12.8 Å². The van der Waals surface area contributed by atoms with E-state index in [-0.39, 0.29) is 0 Å². The van der Waals surface area contributed by atoms with Gasteiger partial charge in [0, 0.05) is 37.2 Å². The van der Waals surface area contributed by atoms with Gasteiger partial charge in [-0.1, -0.05) is 13.8 Å². The third kappa shape index (κ3) is 5.57. The average Bonchev–Trinajstić information content (AvgIpc) is 3.21. The zero-order valence-electron chi connectivity index (χ0n) is 11.9. The maximum Gasteiger partial charge on any atom is 0.126 e. The summed E-state index contributed by atoms with van der Waals surface area (Å²) < 4.78 is 11.3. The molecular formula is C15H24N2O2. The van der Waals surface area contributed by atoms with Crippen molar-refractivity contribution in [1.82, 2.24) is 10.3 Å². The highest BCUT2D eigenvalue weighted by molar-refractivity contribution is 5.30. The van der Waals surface area contributed by atoms with Crippen molar-refractivity contribution < 1.29 is 9.47 Å². The highest BCUT2D eigenvalue weighted by Gasteiger charge is 2.20. The molecule has 2 rings (SSSR count). The minimum Gasteiger partial charge on any atom is -0.491 e. The van der Waals surface area contributed by atoms with Gasteiger partial charge in [0.25, 0.3) is 0 Å². The first-order chi connectivity index (χ1) is 9.25. The first kappa shape index (κ1) is 14.3. The monoisotopic (exact) mass is 264 g/mol. The molecule has 0 aliphatic heterocycles. The molecule has 1 aromatic rings. The largest absolute Gasteiger partial charge is 0.491 e. The van der Waals surface area contributed by atoms with E-state index in [1.54, 1.807) is 6.20 Å². The number of ether oxygens (including phenoxy) is 2. The molecule has 1 fully saturated rings. The van der Waals surface area contributed by atoms with Crippen molar-refractivity contribution in [2.24, 2.45) is 5.92 Å². The summed E-state index contributed by atoms with van der Waals surface area (Å²) in [6.45, 7) is 7.14. The van der Waals surface area contributed by atoms with E-state index in [0.29, 0.717) is 25.2 Å². The molecule has 1 aliphatic carbocycles. The minimum atomic E-state index is 0.569. The highest BCUT2D eigenvalue weighted by atomic mass is 16.5. The van der Waals surface area contributed by atoms with Crippen molar-refractivity contribution in [3.8, 4) is 5.75 Å². The van der Waals surface area contributed by atoms with Crippen molar-refractivity contribution in [1.29, 1.82) is 0 Å². The fourth-order valence-electron chi connectivity index (χ4n) is 1.76. The van der Waals surface area contributed by atoms with Crippen LogP contribution in [0, 0.1) is 5.92 Å². The van der Waals surface area contributed by atoms with Gasteiger partial charge in [-0.3, -0.25) is 4.98 Å². The third-order valence-corrected chi connectivity index (χ3v) is 2.95. The van der Waals surface area contributed by atoms with Crippen LogP contribution >= 0.6 is 0 Å². The lowest BCUT2D eigenvalue weighted by Crippen LogP contribution is -2.17. The van der Waals surface area contributed by atoms with E-state index in [4.69, 9.17) is 9.47 Å². The van der Waals surface area contributed by atoms with Gasteiger partial charge in [0.05, 0.1) is 6.61 Å². The van der Waals surface area contributed by atoms with Crippen molar-refractivity contribution in [2.45, 2.75) is 39.3 Å². The van der Waals surface area contributed by atoms with Gasteiger partial charge < -0.3 is 14.8 Å². The molecule has 106 valence electrons. The van der Waals surface area contributed by atoms with Crippen LogP contribution in [0.2, 0.25) is 0 Å². The Labute approximate surface area is 115 Å². The van der Waals surface area contributed by atoms with Crippen molar-refractivity contribution in [3.63, 3.8) is 0 Å². The average molecular weight is 264 g/mol. The zero-order valence-corrected chi connectivity index (χ0v) is 11.9. The zero-order chi connectivity index (χ0) is 13.5. The molecule has 1 aromatic heterocycles. The Morgan fingerprint density at radius 1 is 1.37 bits per heavy atom. The predicted octanol–water partition coefficient (Wildman–Crippen LogP) is 2.39. The van der Waals surface area contributed by atoms with Crippen LogP contribution in [0.5, 0.6) is 5.75 Å². The molecule has 0 amide bonds. The smallest absolute Gasteiger partial charge is 0.126 e. The lowest BCUT2D eigenvalue weighted by Gasteiger charge is -2.12. The molecule has 19 heavy (non-hydrogen) atoms. The molecule has 4 heteroatoms. The van der Waals surface area contributed by atoms with Gasteiger partial charge in [-0.25, -0.2) is 0 Å². The van der Waals surface area contributed by atoms with Crippen molar-refractivity contribution in [2.75, 3.05) is 19.8 Å². The van der Waals surface area contributed by atoms with Crippen LogP contribution in [-0.2, 0) is 11.3 Å². The molecule has 0 radical (unpaired) electrons. The van der Waals surface area contributed by atoms with Crippen LogP contribution in [0.1, 0.15) is 32.3 Å². The van der Waals surface area contributed by atoms with E-state index in [9.17, 15) is 0 Å². The Bertz CT molecular complexity index is 378. The van der Waals surface area contributed by atoms with Crippen LogP contribution < -0.4 is 10.1 Å². The van der Waals surface area contributed by atoms with Crippen LogP contribution in [0.15, 0.2) is 18.5 Å². The Hall–Kier alpha value is -1.13. The topological polar surface area (TPSA) is 43.4 Å². The second-order valence-corrected chi connectivity index (χ2v) is 5.46. The highest BCUT2D eigenvalue weighted by Crippen LogP contribution is 2.21. The molecular weight excluding hydrogens is 240 g/mol. The lowest BCUT2D eigenvalue weighted by molar-refractivity contribution is 0.0815. The minimum absolute atomic E-state index is 0.569. The maximum atomic E-state index is 5.77. The number of hydrogen-bond donors (Lipinski definition) is 1. The second-order valence-electron chi connectivity index (χ2n) is 5.46. The summed E-state index contributed by atoms with van der Waals surface area (Å²) >= 11 is 0. The standard InChI is InChI=1S/C15H24N2O2/c1-12(2)11-18-7-8-19-15-5-6-16-9-13(15)10-17-14-3-4-14/h5-6,9,12,14,17H,3-4,7-8,10-11H2,1-2H3. The summed E-state index contributed by atoms with van der Waals surface area (Å²) in [5.41, 5.74) is 1.12.